The smallest absolute Gasteiger partial charge is 0.318 e. The van der Waals surface area contributed by atoms with Crippen molar-refractivity contribution >= 4 is 27.6 Å². The lowest BCUT2D eigenvalue weighted by molar-refractivity contribution is -0.135. The second-order valence-electron chi connectivity index (χ2n) is 5.02. The first-order valence-electron chi connectivity index (χ1n) is 6.98. The zero-order chi connectivity index (χ0) is 17.7. The van der Waals surface area contributed by atoms with E-state index in [1.165, 1.54) is 18.2 Å². The van der Waals surface area contributed by atoms with Gasteiger partial charge >= 0.3 is 5.97 Å². The minimum Gasteiger partial charge on any atom is -0.480 e. The third-order valence-electron chi connectivity index (χ3n) is 3.21. The van der Waals surface area contributed by atoms with Gasteiger partial charge in [0.05, 0.1) is 4.90 Å². The van der Waals surface area contributed by atoms with Crippen LogP contribution in [0.25, 0.3) is 0 Å². The Morgan fingerprint density at radius 2 is 1.79 bits per heavy atom. The molecule has 126 valence electrons. The minimum absolute atomic E-state index is 0.133. The van der Waals surface area contributed by atoms with Crippen molar-refractivity contribution in [3.05, 3.63) is 59.7 Å². The molecule has 0 aliphatic carbocycles. The maximum absolute atomic E-state index is 12.3. The minimum atomic E-state index is -3.97. The van der Waals surface area contributed by atoms with Gasteiger partial charge in [-0.1, -0.05) is 24.3 Å². The summed E-state index contributed by atoms with van der Waals surface area (Å²) in [5.41, 5.74) is 1.57. The number of sulfonamides is 1. The van der Waals surface area contributed by atoms with Gasteiger partial charge in [-0.05, 0) is 36.8 Å². The van der Waals surface area contributed by atoms with E-state index in [0.29, 0.717) is 11.3 Å². The average molecular weight is 348 g/mol. The fraction of sp³-hybridized carbons (Fsp3) is 0.125. The molecule has 0 aromatic heterocycles. The molecular formula is C16H16N2O5S. The Labute approximate surface area is 139 Å². The van der Waals surface area contributed by atoms with Crippen LogP contribution in [0, 0.1) is 6.92 Å². The van der Waals surface area contributed by atoms with Crippen LogP contribution in [0.4, 0.5) is 5.69 Å². The number of amides is 1. The molecule has 2 aromatic rings. The molecule has 8 heteroatoms. The Hall–Kier alpha value is -2.71. The predicted octanol–water partition coefficient (Wildman–Crippen LogP) is 1.61. The van der Waals surface area contributed by atoms with Crippen molar-refractivity contribution in [1.82, 2.24) is 4.72 Å². The highest BCUT2D eigenvalue weighted by Gasteiger charge is 2.16. The van der Waals surface area contributed by atoms with E-state index in [2.05, 4.69) is 5.32 Å². The van der Waals surface area contributed by atoms with Gasteiger partial charge in [-0.2, -0.15) is 4.72 Å². The average Bonchev–Trinajstić information content (AvgIpc) is 2.53. The molecule has 0 fully saturated rings. The summed E-state index contributed by atoms with van der Waals surface area (Å²) in [5, 5.41) is 11.2. The standard InChI is InChI=1S/C16H16N2O5S/c1-11-5-2-3-8-14(11)16(21)18-12-6-4-7-13(9-12)24(22,23)17-10-15(19)20/h2-9,17H,10H2,1H3,(H,18,21)(H,19,20). The van der Waals surface area contributed by atoms with Gasteiger partial charge in [0.25, 0.3) is 5.91 Å². The van der Waals surface area contributed by atoms with Gasteiger partial charge in [-0.3, -0.25) is 9.59 Å². The molecule has 0 bridgehead atoms. The first-order chi connectivity index (χ1) is 11.3. The number of benzene rings is 2. The fourth-order valence-electron chi connectivity index (χ4n) is 2.01. The third kappa shape index (κ3) is 4.40. The van der Waals surface area contributed by atoms with Crippen molar-refractivity contribution in [2.45, 2.75) is 11.8 Å². The molecule has 2 aromatic carbocycles. The van der Waals surface area contributed by atoms with E-state index in [1.807, 2.05) is 10.8 Å². The van der Waals surface area contributed by atoms with Crippen LogP contribution in [0.2, 0.25) is 0 Å². The second-order valence-corrected chi connectivity index (χ2v) is 6.78. The summed E-state index contributed by atoms with van der Waals surface area (Å²) in [6.45, 7) is 1.08. The number of aryl methyl sites for hydroxylation is 1. The zero-order valence-corrected chi connectivity index (χ0v) is 13.6. The molecule has 1 amide bonds. The highest BCUT2D eigenvalue weighted by atomic mass is 32.2. The topological polar surface area (TPSA) is 113 Å². The van der Waals surface area contributed by atoms with Gasteiger partial charge in [0.2, 0.25) is 10.0 Å². The molecule has 0 heterocycles. The number of carboxylic acid groups (broad SMARTS) is 1. The second kappa shape index (κ2) is 7.24. The largest absolute Gasteiger partial charge is 0.480 e. The molecular weight excluding hydrogens is 332 g/mol. The summed E-state index contributed by atoms with van der Waals surface area (Å²) in [4.78, 5) is 22.6. The summed E-state index contributed by atoms with van der Waals surface area (Å²) in [7, 11) is -3.97. The summed E-state index contributed by atoms with van der Waals surface area (Å²) >= 11 is 0. The molecule has 7 nitrogen and oxygen atoms in total. The van der Waals surface area contributed by atoms with E-state index in [-0.39, 0.29) is 10.8 Å². The highest BCUT2D eigenvalue weighted by Crippen LogP contribution is 2.17. The number of rotatable bonds is 6. The summed E-state index contributed by atoms with van der Waals surface area (Å²) in [6, 6.07) is 12.6. The van der Waals surface area contributed by atoms with Crippen LogP contribution >= 0.6 is 0 Å². The number of nitrogens with one attached hydrogen (secondary N) is 2. The quantitative estimate of drug-likeness (QED) is 0.734. The van der Waals surface area contributed by atoms with Crippen molar-refractivity contribution in [3.8, 4) is 0 Å². The Kier molecular flexibility index (Phi) is 5.32. The van der Waals surface area contributed by atoms with E-state index in [4.69, 9.17) is 5.11 Å². The fourth-order valence-corrected chi connectivity index (χ4v) is 3.03. The van der Waals surface area contributed by atoms with Crippen molar-refractivity contribution in [1.29, 1.82) is 0 Å². The number of anilines is 1. The van der Waals surface area contributed by atoms with Crippen LogP contribution in [0.5, 0.6) is 0 Å². The highest BCUT2D eigenvalue weighted by molar-refractivity contribution is 7.89. The van der Waals surface area contributed by atoms with Crippen LogP contribution in [0.1, 0.15) is 15.9 Å². The number of hydrogen-bond donors (Lipinski definition) is 3. The van der Waals surface area contributed by atoms with Gasteiger partial charge in [-0.15, -0.1) is 0 Å². The SMILES string of the molecule is Cc1ccccc1C(=O)Nc1cccc(S(=O)(=O)NCC(=O)O)c1. The lowest BCUT2D eigenvalue weighted by Crippen LogP contribution is -2.29. The first kappa shape index (κ1) is 17.6. The molecule has 0 aliphatic rings. The number of carbonyl (C=O) groups excluding carboxylic acids is 1. The summed E-state index contributed by atoms with van der Waals surface area (Å²) in [5.74, 6) is -1.65. The van der Waals surface area contributed by atoms with Gasteiger partial charge in [0.15, 0.2) is 0 Å². The Bertz CT molecular complexity index is 878. The summed E-state index contributed by atoms with van der Waals surface area (Å²) < 4.78 is 26.0. The van der Waals surface area contributed by atoms with Crippen LogP contribution in [-0.4, -0.2) is 31.9 Å². The van der Waals surface area contributed by atoms with E-state index in [9.17, 15) is 18.0 Å². The monoisotopic (exact) mass is 348 g/mol. The molecule has 0 saturated heterocycles. The van der Waals surface area contributed by atoms with E-state index >= 15 is 0 Å². The van der Waals surface area contributed by atoms with Crippen molar-refractivity contribution in [2.24, 2.45) is 0 Å². The van der Waals surface area contributed by atoms with Crippen LogP contribution in [-0.2, 0) is 14.8 Å². The number of hydrogen-bond acceptors (Lipinski definition) is 4. The molecule has 24 heavy (non-hydrogen) atoms. The molecule has 0 spiro atoms. The molecule has 0 radical (unpaired) electrons. The Balaban J connectivity index is 2.20. The lowest BCUT2D eigenvalue weighted by atomic mass is 10.1. The first-order valence-corrected chi connectivity index (χ1v) is 8.46. The van der Waals surface area contributed by atoms with E-state index in [1.54, 1.807) is 31.2 Å². The molecule has 0 atom stereocenters. The Morgan fingerprint density at radius 3 is 2.46 bits per heavy atom. The van der Waals surface area contributed by atoms with Gasteiger partial charge in [0.1, 0.15) is 6.54 Å². The van der Waals surface area contributed by atoms with Crippen molar-refractivity contribution in [3.63, 3.8) is 0 Å². The van der Waals surface area contributed by atoms with E-state index in [0.717, 1.165) is 5.56 Å². The van der Waals surface area contributed by atoms with Crippen molar-refractivity contribution in [2.75, 3.05) is 11.9 Å². The summed E-state index contributed by atoms with van der Waals surface area (Å²) in [6.07, 6.45) is 0. The lowest BCUT2D eigenvalue weighted by Gasteiger charge is -2.10. The van der Waals surface area contributed by atoms with E-state index < -0.39 is 22.5 Å². The van der Waals surface area contributed by atoms with Crippen LogP contribution in [0.15, 0.2) is 53.4 Å². The van der Waals surface area contributed by atoms with Crippen LogP contribution < -0.4 is 10.0 Å². The zero-order valence-electron chi connectivity index (χ0n) is 12.8. The molecule has 0 aliphatic heterocycles. The van der Waals surface area contributed by atoms with Crippen molar-refractivity contribution < 1.29 is 23.1 Å². The predicted molar refractivity (Wildman–Crippen MR) is 88.4 cm³/mol. The Morgan fingerprint density at radius 1 is 1.08 bits per heavy atom. The maximum atomic E-state index is 12.3. The normalized spacial score (nSPS) is 11.0. The van der Waals surface area contributed by atoms with Crippen LogP contribution in [0.3, 0.4) is 0 Å². The number of aliphatic carboxylic acids is 1. The number of carbonyl (C=O) groups is 2. The molecule has 0 unspecified atom stereocenters. The maximum Gasteiger partial charge on any atom is 0.318 e. The molecule has 0 saturated carbocycles. The third-order valence-corrected chi connectivity index (χ3v) is 4.60. The van der Waals surface area contributed by atoms with Gasteiger partial charge in [0, 0.05) is 11.3 Å². The molecule has 2 rings (SSSR count). The van der Waals surface area contributed by atoms with Gasteiger partial charge < -0.3 is 10.4 Å². The molecule has 3 N–H and O–H groups in total. The van der Waals surface area contributed by atoms with Gasteiger partial charge in [-0.25, -0.2) is 8.42 Å². The number of carboxylic acids is 1.